The zero-order chi connectivity index (χ0) is 12.0. The Bertz CT molecular complexity index is 315. The Morgan fingerprint density at radius 2 is 1.94 bits per heavy atom. The van der Waals surface area contributed by atoms with Gasteiger partial charge in [-0.05, 0) is 38.3 Å². The highest BCUT2D eigenvalue weighted by atomic mass is 14.9. The molecule has 1 heteroatoms. The van der Waals surface area contributed by atoms with Gasteiger partial charge in [0.1, 0.15) is 0 Å². The summed E-state index contributed by atoms with van der Waals surface area (Å²) in [5.41, 5.74) is 2.67. The number of rotatable bonds is 6. The quantitative estimate of drug-likeness (QED) is 0.720. The molecule has 0 radical (unpaired) electrons. The van der Waals surface area contributed by atoms with Crippen LogP contribution in [-0.4, -0.2) is 13.1 Å². The smallest absolute Gasteiger partial charge is 0.0110 e. The largest absolute Gasteiger partial charge is 0.317 e. The van der Waals surface area contributed by atoms with Gasteiger partial charge < -0.3 is 5.32 Å². The van der Waals surface area contributed by atoms with E-state index in [1.165, 1.54) is 11.1 Å². The van der Waals surface area contributed by atoms with Crippen molar-refractivity contribution in [3.05, 3.63) is 48.0 Å². The van der Waals surface area contributed by atoms with Crippen molar-refractivity contribution >= 4 is 0 Å². The number of hydrogen-bond acceptors (Lipinski definition) is 1. The predicted molar refractivity (Wildman–Crippen MR) is 71.6 cm³/mol. The van der Waals surface area contributed by atoms with Crippen LogP contribution in [-0.2, 0) is 6.42 Å². The standard InChI is InChI=1S/C15H23N/c1-12(2)13(3)10-15(16-4)11-14-8-6-5-7-9-14/h5-9,13,15-16H,1,10-11H2,2-4H3. The maximum atomic E-state index is 4.02. The van der Waals surface area contributed by atoms with Gasteiger partial charge in [0.25, 0.3) is 0 Å². The number of hydrogen-bond donors (Lipinski definition) is 1. The van der Waals surface area contributed by atoms with Crippen molar-refractivity contribution in [2.75, 3.05) is 7.05 Å². The van der Waals surface area contributed by atoms with Gasteiger partial charge in [0, 0.05) is 6.04 Å². The van der Waals surface area contributed by atoms with Crippen molar-refractivity contribution in [3.8, 4) is 0 Å². The van der Waals surface area contributed by atoms with Gasteiger partial charge in [0.15, 0.2) is 0 Å². The number of nitrogens with one attached hydrogen (secondary N) is 1. The molecule has 0 aromatic heterocycles. The number of benzene rings is 1. The molecule has 0 aliphatic carbocycles. The van der Waals surface area contributed by atoms with Gasteiger partial charge in [-0.15, -0.1) is 0 Å². The molecule has 1 aromatic rings. The molecule has 1 nitrogen and oxygen atoms in total. The summed E-state index contributed by atoms with van der Waals surface area (Å²) in [7, 11) is 2.04. The van der Waals surface area contributed by atoms with E-state index in [4.69, 9.17) is 0 Å². The van der Waals surface area contributed by atoms with Gasteiger partial charge in [-0.2, -0.15) is 0 Å². The minimum Gasteiger partial charge on any atom is -0.317 e. The molecule has 1 aromatic carbocycles. The van der Waals surface area contributed by atoms with E-state index in [0.717, 1.165) is 12.8 Å². The van der Waals surface area contributed by atoms with Crippen LogP contribution in [0.25, 0.3) is 0 Å². The lowest BCUT2D eigenvalue weighted by Crippen LogP contribution is -2.29. The van der Waals surface area contributed by atoms with Crippen LogP contribution in [0.3, 0.4) is 0 Å². The van der Waals surface area contributed by atoms with Crippen LogP contribution < -0.4 is 5.32 Å². The fourth-order valence-electron chi connectivity index (χ4n) is 1.83. The molecule has 0 bridgehead atoms. The summed E-state index contributed by atoms with van der Waals surface area (Å²) in [4.78, 5) is 0. The van der Waals surface area contributed by atoms with E-state index in [0.29, 0.717) is 12.0 Å². The Balaban J connectivity index is 2.53. The third-order valence-electron chi connectivity index (χ3n) is 3.21. The molecule has 2 atom stereocenters. The highest BCUT2D eigenvalue weighted by Crippen LogP contribution is 2.16. The molecular weight excluding hydrogens is 194 g/mol. The zero-order valence-electron chi connectivity index (χ0n) is 10.7. The van der Waals surface area contributed by atoms with Crippen LogP contribution in [0.15, 0.2) is 42.5 Å². The van der Waals surface area contributed by atoms with Gasteiger partial charge in [-0.1, -0.05) is 49.4 Å². The fourth-order valence-corrected chi connectivity index (χ4v) is 1.83. The normalized spacial score (nSPS) is 14.4. The van der Waals surface area contributed by atoms with Crippen molar-refractivity contribution in [2.45, 2.75) is 32.7 Å². The zero-order valence-corrected chi connectivity index (χ0v) is 10.7. The summed E-state index contributed by atoms with van der Waals surface area (Å²) in [5, 5.41) is 3.40. The maximum absolute atomic E-state index is 4.02. The van der Waals surface area contributed by atoms with Gasteiger partial charge in [0.2, 0.25) is 0 Å². The van der Waals surface area contributed by atoms with Crippen LogP contribution in [0.2, 0.25) is 0 Å². The van der Waals surface area contributed by atoms with Crippen LogP contribution >= 0.6 is 0 Å². The molecular formula is C15H23N. The lowest BCUT2D eigenvalue weighted by atomic mass is 9.92. The third kappa shape index (κ3) is 4.19. The first-order chi connectivity index (χ1) is 7.63. The van der Waals surface area contributed by atoms with E-state index < -0.39 is 0 Å². The van der Waals surface area contributed by atoms with E-state index in [2.05, 4.69) is 56.1 Å². The van der Waals surface area contributed by atoms with Crippen LogP contribution in [0.4, 0.5) is 0 Å². The molecule has 0 aliphatic heterocycles. The molecule has 1 rings (SSSR count). The second-order valence-corrected chi connectivity index (χ2v) is 4.66. The summed E-state index contributed by atoms with van der Waals surface area (Å²) in [5.74, 6) is 0.584. The lowest BCUT2D eigenvalue weighted by molar-refractivity contribution is 0.454. The highest BCUT2D eigenvalue weighted by molar-refractivity contribution is 5.16. The molecule has 88 valence electrons. The number of allylic oxidation sites excluding steroid dienone is 1. The first-order valence-corrected chi connectivity index (χ1v) is 6.00. The Morgan fingerprint density at radius 1 is 1.31 bits per heavy atom. The minimum absolute atomic E-state index is 0.536. The average Bonchev–Trinajstić information content (AvgIpc) is 2.29. The Labute approximate surface area is 99.6 Å². The van der Waals surface area contributed by atoms with Crippen LogP contribution in [0.1, 0.15) is 25.8 Å². The lowest BCUT2D eigenvalue weighted by Gasteiger charge is -2.20. The Morgan fingerprint density at radius 3 is 2.44 bits per heavy atom. The molecule has 0 heterocycles. The van der Waals surface area contributed by atoms with Crippen molar-refractivity contribution in [2.24, 2.45) is 5.92 Å². The molecule has 0 fully saturated rings. The third-order valence-corrected chi connectivity index (χ3v) is 3.21. The molecule has 0 aliphatic rings. The molecule has 1 N–H and O–H groups in total. The SMILES string of the molecule is C=C(C)C(C)CC(Cc1ccccc1)NC. The molecule has 2 unspecified atom stereocenters. The van der Waals surface area contributed by atoms with E-state index in [-0.39, 0.29) is 0 Å². The van der Waals surface area contributed by atoms with Gasteiger partial charge in [-0.25, -0.2) is 0 Å². The van der Waals surface area contributed by atoms with Gasteiger partial charge >= 0.3 is 0 Å². The molecule has 16 heavy (non-hydrogen) atoms. The number of likely N-dealkylation sites (N-methyl/N-ethyl adjacent to an activating group) is 1. The minimum atomic E-state index is 0.536. The second-order valence-electron chi connectivity index (χ2n) is 4.66. The first-order valence-electron chi connectivity index (χ1n) is 6.00. The molecule has 0 amide bonds. The first kappa shape index (κ1) is 13.0. The van der Waals surface area contributed by atoms with Crippen molar-refractivity contribution in [1.29, 1.82) is 0 Å². The van der Waals surface area contributed by atoms with Gasteiger partial charge in [0.05, 0.1) is 0 Å². The summed E-state index contributed by atoms with van der Waals surface area (Å²) in [6, 6.07) is 11.2. The van der Waals surface area contributed by atoms with Gasteiger partial charge in [-0.3, -0.25) is 0 Å². The van der Waals surface area contributed by atoms with E-state index in [9.17, 15) is 0 Å². The van der Waals surface area contributed by atoms with Crippen molar-refractivity contribution in [3.63, 3.8) is 0 Å². The fraction of sp³-hybridized carbons (Fsp3) is 0.467. The summed E-state index contributed by atoms with van der Waals surface area (Å²) in [6.07, 6.45) is 2.25. The summed E-state index contributed by atoms with van der Waals surface area (Å²) in [6.45, 7) is 8.38. The Kier molecular flexibility index (Phi) is 5.27. The monoisotopic (exact) mass is 217 g/mol. The molecule has 0 spiro atoms. The molecule has 0 saturated carbocycles. The summed E-state index contributed by atoms with van der Waals surface area (Å²) < 4.78 is 0. The van der Waals surface area contributed by atoms with E-state index in [1.807, 2.05) is 7.05 Å². The van der Waals surface area contributed by atoms with Crippen molar-refractivity contribution in [1.82, 2.24) is 5.32 Å². The van der Waals surface area contributed by atoms with Crippen LogP contribution in [0.5, 0.6) is 0 Å². The summed E-state index contributed by atoms with van der Waals surface area (Å²) >= 11 is 0. The average molecular weight is 217 g/mol. The molecule has 0 saturated heterocycles. The topological polar surface area (TPSA) is 12.0 Å². The highest BCUT2D eigenvalue weighted by Gasteiger charge is 2.12. The van der Waals surface area contributed by atoms with E-state index in [1.54, 1.807) is 0 Å². The van der Waals surface area contributed by atoms with E-state index >= 15 is 0 Å². The Hall–Kier alpha value is -1.08. The van der Waals surface area contributed by atoms with Crippen molar-refractivity contribution < 1.29 is 0 Å². The second kappa shape index (κ2) is 6.49. The maximum Gasteiger partial charge on any atom is 0.0110 e. The van der Waals surface area contributed by atoms with Crippen LogP contribution in [0, 0.1) is 5.92 Å². The predicted octanol–water partition coefficient (Wildman–Crippen LogP) is 3.42.